The Balaban J connectivity index is 1.41. The Morgan fingerprint density at radius 3 is 2.54 bits per heavy atom. The van der Waals surface area contributed by atoms with E-state index in [9.17, 15) is 19.2 Å². The summed E-state index contributed by atoms with van der Waals surface area (Å²) in [6, 6.07) is 10.8. The van der Waals surface area contributed by atoms with Crippen LogP contribution in [0.2, 0.25) is 0 Å². The number of amides is 4. The zero-order chi connectivity index (χ0) is 27.9. The van der Waals surface area contributed by atoms with Crippen molar-refractivity contribution in [1.82, 2.24) is 9.80 Å². The molecule has 1 N–H and O–H groups in total. The van der Waals surface area contributed by atoms with Crippen LogP contribution in [0.4, 0.5) is 10.5 Å². The van der Waals surface area contributed by atoms with Crippen molar-refractivity contribution < 1.29 is 33.4 Å². The van der Waals surface area contributed by atoms with Crippen LogP contribution in [0.1, 0.15) is 23.6 Å². The van der Waals surface area contributed by atoms with Crippen molar-refractivity contribution >= 4 is 46.5 Å². The lowest BCUT2D eigenvalue weighted by atomic mass is 10.1. The first kappa shape index (κ1) is 28.2. The monoisotopic (exact) mass is 553 g/mol. The number of carbonyl (C=O) groups excluding carboxylic acids is 4. The van der Waals surface area contributed by atoms with Crippen molar-refractivity contribution in [2.75, 3.05) is 51.4 Å². The second kappa shape index (κ2) is 12.8. The lowest BCUT2D eigenvalue weighted by molar-refractivity contribution is -0.139. The number of anilines is 1. The summed E-state index contributed by atoms with van der Waals surface area (Å²) in [5.74, 6) is -0.355. The molecule has 0 aromatic heterocycles. The lowest BCUT2D eigenvalue weighted by Gasteiger charge is -2.28. The molecule has 2 aliphatic heterocycles. The predicted molar refractivity (Wildman–Crippen MR) is 148 cm³/mol. The first-order chi connectivity index (χ1) is 18.7. The number of nitrogens with zero attached hydrogens (tertiary/aromatic N) is 2. The lowest BCUT2D eigenvalue weighted by Crippen LogP contribution is -2.46. The quantitative estimate of drug-likeness (QED) is 0.469. The highest BCUT2D eigenvalue weighted by Gasteiger charge is 2.37. The molecule has 0 aliphatic carbocycles. The van der Waals surface area contributed by atoms with Crippen LogP contribution in [-0.2, 0) is 19.1 Å². The molecule has 2 saturated heterocycles. The minimum Gasteiger partial charge on any atom is -0.490 e. The molecule has 0 bridgehead atoms. The summed E-state index contributed by atoms with van der Waals surface area (Å²) in [5, 5.41) is 2.35. The van der Waals surface area contributed by atoms with Gasteiger partial charge in [0.2, 0.25) is 5.91 Å². The molecule has 2 aliphatic rings. The molecular formula is C28H31N3O7S. The number of hydrogen-bond donors (Lipinski definition) is 1. The molecule has 4 rings (SSSR count). The number of hydrogen-bond acceptors (Lipinski definition) is 8. The molecule has 39 heavy (non-hydrogen) atoms. The van der Waals surface area contributed by atoms with Crippen LogP contribution >= 0.6 is 11.8 Å². The summed E-state index contributed by atoms with van der Waals surface area (Å²) in [5.41, 5.74) is 3.39. The van der Waals surface area contributed by atoms with E-state index in [-0.39, 0.29) is 29.9 Å². The molecule has 2 heterocycles. The number of thioether (sulfide) groups is 1. The van der Waals surface area contributed by atoms with Gasteiger partial charge in [-0.25, -0.2) is 0 Å². The molecular weight excluding hydrogens is 522 g/mol. The molecule has 2 aromatic carbocycles. The van der Waals surface area contributed by atoms with Crippen LogP contribution in [0.15, 0.2) is 41.3 Å². The number of imide groups is 1. The highest BCUT2D eigenvalue weighted by molar-refractivity contribution is 8.18. The molecule has 0 spiro atoms. The van der Waals surface area contributed by atoms with Gasteiger partial charge in [-0.1, -0.05) is 23.8 Å². The molecule has 2 fully saturated rings. The maximum Gasteiger partial charge on any atom is 0.294 e. The molecule has 11 heteroatoms. The second-order valence-corrected chi connectivity index (χ2v) is 10.0. The molecule has 2 aromatic rings. The summed E-state index contributed by atoms with van der Waals surface area (Å²) in [6.07, 6.45) is 1.57. The minimum absolute atomic E-state index is 0.207. The van der Waals surface area contributed by atoms with Crippen molar-refractivity contribution in [3.63, 3.8) is 0 Å². The van der Waals surface area contributed by atoms with Gasteiger partial charge in [-0.2, -0.15) is 0 Å². The van der Waals surface area contributed by atoms with Gasteiger partial charge in [0, 0.05) is 18.8 Å². The van der Waals surface area contributed by atoms with E-state index in [4.69, 9.17) is 14.2 Å². The number of rotatable bonds is 9. The highest BCUT2D eigenvalue weighted by Crippen LogP contribution is 2.35. The fourth-order valence-electron chi connectivity index (χ4n) is 4.12. The van der Waals surface area contributed by atoms with Gasteiger partial charge in [-0.3, -0.25) is 24.1 Å². The molecule has 0 atom stereocenters. The van der Waals surface area contributed by atoms with Crippen molar-refractivity contribution in [2.45, 2.75) is 20.8 Å². The smallest absolute Gasteiger partial charge is 0.294 e. The van der Waals surface area contributed by atoms with Gasteiger partial charge < -0.3 is 24.4 Å². The maximum absolute atomic E-state index is 12.9. The zero-order valence-corrected chi connectivity index (χ0v) is 23.0. The number of carbonyl (C=O) groups is 4. The molecule has 0 saturated carbocycles. The Labute approximate surface area is 231 Å². The summed E-state index contributed by atoms with van der Waals surface area (Å²) >= 11 is 0.784. The molecule has 0 unspecified atom stereocenters. The van der Waals surface area contributed by atoms with Gasteiger partial charge in [0.1, 0.15) is 6.54 Å². The summed E-state index contributed by atoms with van der Waals surface area (Å²) in [4.78, 5) is 53.2. The fourth-order valence-corrected chi connectivity index (χ4v) is 4.96. The van der Waals surface area contributed by atoms with E-state index in [2.05, 4.69) is 5.32 Å². The van der Waals surface area contributed by atoms with Gasteiger partial charge in [-0.05, 0) is 67.9 Å². The fraction of sp³-hybridized carbons (Fsp3) is 0.357. The summed E-state index contributed by atoms with van der Waals surface area (Å²) in [6.45, 7) is 7.31. The largest absolute Gasteiger partial charge is 0.490 e. The molecule has 0 radical (unpaired) electrons. The van der Waals surface area contributed by atoms with Crippen molar-refractivity contribution in [1.29, 1.82) is 0 Å². The number of nitrogens with one attached hydrogen (secondary N) is 1. The average molecular weight is 554 g/mol. The zero-order valence-electron chi connectivity index (χ0n) is 22.2. The normalized spacial score (nSPS) is 16.5. The minimum atomic E-state index is -0.520. The first-order valence-corrected chi connectivity index (χ1v) is 13.4. The Morgan fingerprint density at radius 2 is 1.82 bits per heavy atom. The average Bonchev–Trinajstić information content (AvgIpc) is 3.17. The van der Waals surface area contributed by atoms with Gasteiger partial charge >= 0.3 is 0 Å². The standard InChI is InChI=1S/C28H31N3O7S/c1-4-37-23-14-20(6-8-22(23)38-17-25(32)29-21-7-5-18(2)13-19(21)3)15-24-27(34)31(28(35)39-24)16-26(33)30-9-11-36-12-10-30/h5-8,13-15H,4,9-12,16-17H2,1-3H3,(H,29,32)/b24-15-. The Morgan fingerprint density at radius 1 is 1.05 bits per heavy atom. The highest BCUT2D eigenvalue weighted by atomic mass is 32.2. The van der Waals surface area contributed by atoms with Crippen molar-refractivity contribution in [2.24, 2.45) is 0 Å². The van der Waals surface area contributed by atoms with Crippen molar-refractivity contribution in [3.05, 3.63) is 58.0 Å². The van der Waals surface area contributed by atoms with E-state index >= 15 is 0 Å². The first-order valence-electron chi connectivity index (χ1n) is 12.6. The maximum atomic E-state index is 12.9. The van der Waals surface area contributed by atoms with Gasteiger partial charge in [0.25, 0.3) is 17.1 Å². The third kappa shape index (κ3) is 7.18. The number of aryl methyl sites for hydroxylation is 2. The topological polar surface area (TPSA) is 114 Å². The van der Waals surface area contributed by atoms with E-state index in [0.717, 1.165) is 33.5 Å². The van der Waals surface area contributed by atoms with E-state index in [0.29, 0.717) is 50.0 Å². The van der Waals surface area contributed by atoms with E-state index in [1.165, 1.54) is 0 Å². The van der Waals surface area contributed by atoms with Crippen LogP contribution in [0.3, 0.4) is 0 Å². The SMILES string of the molecule is CCOc1cc(/C=C2\SC(=O)N(CC(=O)N3CCOCC3)C2=O)ccc1OCC(=O)Nc1ccc(C)cc1C. The number of benzene rings is 2. The number of ether oxygens (including phenoxy) is 3. The van der Waals surface area contributed by atoms with E-state index in [1.807, 2.05) is 39.0 Å². The summed E-state index contributed by atoms with van der Waals surface area (Å²) in [7, 11) is 0. The van der Waals surface area contributed by atoms with E-state index < -0.39 is 11.1 Å². The third-order valence-corrected chi connectivity index (χ3v) is 7.02. The van der Waals surface area contributed by atoms with Crippen LogP contribution in [0.5, 0.6) is 11.5 Å². The second-order valence-electron chi connectivity index (χ2n) is 9.06. The van der Waals surface area contributed by atoms with Crippen LogP contribution < -0.4 is 14.8 Å². The molecule has 10 nitrogen and oxygen atoms in total. The predicted octanol–water partition coefficient (Wildman–Crippen LogP) is 3.61. The van der Waals surface area contributed by atoms with Gasteiger partial charge in [-0.15, -0.1) is 0 Å². The van der Waals surface area contributed by atoms with E-state index in [1.54, 1.807) is 29.2 Å². The molecule has 4 amide bonds. The Hall–Kier alpha value is -3.83. The Bertz CT molecular complexity index is 1300. The van der Waals surface area contributed by atoms with Crippen LogP contribution in [-0.4, -0.2) is 78.8 Å². The summed E-state index contributed by atoms with van der Waals surface area (Å²) < 4.78 is 16.7. The number of morpholine rings is 1. The molecule has 206 valence electrons. The van der Waals surface area contributed by atoms with Gasteiger partial charge in [0.05, 0.1) is 24.7 Å². The van der Waals surface area contributed by atoms with Crippen molar-refractivity contribution in [3.8, 4) is 11.5 Å². The third-order valence-electron chi connectivity index (χ3n) is 6.11. The van der Waals surface area contributed by atoms with Crippen LogP contribution in [0, 0.1) is 13.8 Å². The van der Waals surface area contributed by atoms with Gasteiger partial charge in [0.15, 0.2) is 18.1 Å². The van der Waals surface area contributed by atoms with Crippen LogP contribution in [0.25, 0.3) is 6.08 Å². The Kier molecular flexibility index (Phi) is 9.26.